The van der Waals surface area contributed by atoms with Crippen LogP contribution in [0.15, 0.2) is 66.7 Å². The number of carbonyl (C=O) groups is 2. The molecule has 0 aromatic heterocycles. The molecule has 0 heterocycles. The minimum atomic E-state index is -1.82. The normalized spacial score (nSPS) is 10.4. The minimum Gasteiger partial charge on any atom is -0.473 e. The van der Waals surface area contributed by atoms with Crippen molar-refractivity contribution in [2.24, 2.45) is 0 Å². The molecule has 2 N–H and O–H groups in total. The van der Waals surface area contributed by atoms with Gasteiger partial charge in [0.25, 0.3) is 0 Å². The van der Waals surface area contributed by atoms with Gasteiger partial charge in [0.1, 0.15) is 0 Å². The predicted molar refractivity (Wildman–Crippen MR) is 104 cm³/mol. The molecule has 0 saturated carbocycles. The van der Waals surface area contributed by atoms with Gasteiger partial charge in [0, 0.05) is 13.1 Å². The minimum absolute atomic E-state index is 0.661. The number of likely N-dealkylation sites (N-methyl/N-ethyl adjacent to an activating group) is 1. The smallest absolute Gasteiger partial charge is 0.414 e. The number of aliphatic carboxylic acids is 2. The zero-order valence-electron chi connectivity index (χ0n) is 15.3. The van der Waals surface area contributed by atoms with Crippen molar-refractivity contribution < 1.29 is 24.5 Å². The molecular weight excluding hydrogens is 346 g/mol. The average molecular weight is 371 g/mol. The van der Waals surface area contributed by atoms with Crippen LogP contribution in [0.5, 0.6) is 0 Å². The van der Waals surface area contributed by atoms with E-state index in [0.717, 1.165) is 19.7 Å². The van der Waals surface area contributed by atoms with E-state index < -0.39 is 11.9 Å². The predicted octanol–water partition coefficient (Wildman–Crippen LogP) is 3.00. The largest absolute Gasteiger partial charge is 0.473 e. The summed E-state index contributed by atoms with van der Waals surface area (Å²) in [6.07, 6.45) is 4.15. The Hall–Kier alpha value is -2.96. The number of hydrogen-bond donors (Lipinski definition) is 2. The molecule has 0 saturated heterocycles. The quantitative estimate of drug-likeness (QED) is 0.548. The van der Waals surface area contributed by atoms with E-state index in [1.54, 1.807) is 0 Å². The Bertz CT molecular complexity index is 689. The number of rotatable bonds is 8. The molecule has 0 unspecified atom stereocenters. The highest BCUT2D eigenvalue weighted by atomic mass is 16.5. The van der Waals surface area contributed by atoms with Gasteiger partial charge in [0.05, 0.1) is 13.2 Å². The summed E-state index contributed by atoms with van der Waals surface area (Å²) in [6, 6.07) is 20.8. The van der Waals surface area contributed by atoms with Crippen LogP contribution >= 0.6 is 0 Å². The van der Waals surface area contributed by atoms with E-state index in [4.69, 9.17) is 24.5 Å². The van der Waals surface area contributed by atoms with Gasteiger partial charge < -0.3 is 14.9 Å². The van der Waals surface area contributed by atoms with Crippen LogP contribution in [0.25, 0.3) is 6.08 Å². The van der Waals surface area contributed by atoms with Crippen LogP contribution in [-0.4, -0.2) is 53.9 Å². The van der Waals surface area contributed by atoms with Crippen molar-refractivity contribution in [3.05, 3.63) is 77.9 Å². The molecule has 0 aliphatic heterocycles. The molecule has 2 aromatic carbocycles. The van der Waals surface area contributed by atoms with Gasteiger partial charge in [-0.3, -0.25) is 4.90 Å². The first-order valence-corrected chi connectivity index (χ1v) is 8.47. The number of hydrogen-bond acceptors (Lipinski definition) is 4. The van der Waals surface area contributed by atoms with Crippen molar-refractivity contribution in [1.82, 2.24) is 4.90 Å². The molecule has 2 rings (SSSR count). The van der Waals surface area contributed by atoms with Gasteiger partial charge in [0.2, 0.25) is 0 Å². The van der Waals surface area contributed by atoms with Gasteiger partial charge in [-0.1, -0.05) is 72.8 Å². The molecule has 6 heteroatoms. The maximum atomic E-state index is 9.10. The summed E-state index contributed by atoms with van der Waals surface area (Å²) >= 11 is 0. The van der Waals surface area contributed by atoms with Gasteiger partial charge >= 0.3 is 11.9 Å². The summed E-state index contributed by atoms with van der Waals surface area (Å²) in [6.45, 7) is 3.31. The van der Waals surface area contributed by atoms with Gasteiger partial charge in [-0.25, -0.2) is 9.59 Å². The molecule has 0 spiro atoms. The van der Waals surface area contributed by atoms with Crippen LogP contribution in [0.3, 0.4) is 0 Å². The summed E-state index contributed by atoms with van der Waals surface area (Å²) in [5, 5.41) is 14.8. The molecule has 0 fully saturated rings. The highest BCUT2D eigenvalue weighted by Gasteiger charge is 2.04. The first kappa shape index (κ1) is 22.1. The molecular formula is C21H25NO5. The molecule has 0 aliphatic carbocycles. The molecule has 0 radical (unpaired) electrons. The van der Waals surface area contributed by atoms with Gasteiger partial charge in [-0.2, -0.15) is 0 Å². The number of carboxylic acids is 2. The third-order valence-electron chi connectivity index (χ3n) is 3.42. The first-order chi connectivity index (χ1) is 13.0. The van der Waals surface area contributed by atoms with Gasteiger partial charge in [-0.15, -0.1) is 0 Å². The van der Waals surface area contributed by atoms with E-state index >= 15 is 0 Å². The maximum absolute atomic E-state index is 9.10. The molecule has 2 aromatic rings. The Labute approximate surface area is 159 Å². The summed E-state index contributed by atoms with van der Waals surface area (Å²) in [7, 11) is 2.12. The standard InChI is InChI=1S/C19H23NO.C2H2O4/c1-20(17-19-11-6-3-7-12-19)14-16-21-15-8-13-18-9-4-2-5-10-18;3-1(4)2(5)6/h2-13H,14-17H2,1H3;(H,3,4)(H,5,6)/b13-8+;. The Kier molecular flexibility index (Phi) is 10.9. The van der Waals surface area contributed by atoms with E-state index in [2.05, 4.69) is 60.5 Å². The molecule has 0 bridgehead atoms. The Morgan fingerprint density at radius 3 is 2.07 bits per heavy atom. The molecule has 27 heavy (non-hydrogen) atoms. The third-order valence-corrected chi connectivity index (χ3v) is 3.42. The number of benzene rings is 2. The fourth-order valence-corrected chi connectivity index (χ4v) is 2.09. The van der Waals surface area contributed by atoms with E-state index in [1.807, 2.05) is 24.3 Å². The van der Waals surface area contributed by atoms with Gasteiger partial charge in [0.15, 0.2) is 0 Å². The molecule has 144 valence electrons. The summed E-state index contributed by atoms with van der Waals surface area (Å²) < 4.78 is 5.64. The van der Waals surface area contributed by atoms with E-state index in [-0.39, 0.29) is 0 Å². The molecule has 0 amide bonds. The fourth-order valence-electron chi connectivity index (χ4n) is 2.09. The van der Waals surface area contributed by atoms with E-state index in [1.165, 1.54) is 11.1 Å². The van der Waals surface area contributed by atoms with Crippen LogP contribution in [0.2, 0.25) is 0 Å². The molecule has 0 aliphatic rings. The van der Waals surface area contributed by atoms with E-state index in [9.17, 15) is 0 Å². The van der Waals surface area contributed by atoms with Gasteiger partial charge in [-0.05, 0) is 18.2 Å². The molecule has 6 nitrogen and oxygen atoms in total. The summed E-state index contributed by atoms with van der Waals surface area (Å²) in [4.78, 5) is 20.5. The fraction of sp³-hybridized carbons (Fsp3) is 0.238. The van der Waals surface area contributed by atoms with Crippen molar-refractivity contribution >= 4 is 18.0 Å². The van der Waals surface area contributed by atoms with Crippen molar-refractivity contribution in [2.45, 2.75) is 6.54 Å². The zero-order chi connectivity index (χ0) is 19.9. The second-order valence-corrected chi connectivity index (χ2v) is 5.72. The lowest BCUT2D eigenvalue weighted by molar-refractivity contribution is -0.159. The van der Waals surface area contributed by atoms with Crippen LogP contribution in [0.4, 0.5) is 0 Å². The van der Waals surface area contributed by atoms with Crippen LogP contribution in [-0.2, 0) is 20.9 Å². The Morgan fingerprint density at radius 1 is 0.963 bits per heavy atom. The zero-order valence-corrected chi connectivity index (χ0v) is 15.3. The second kappa shape index (κ2) is 13.3. The van der Waals surface area contributed by atoms with Crippen LogP contribution < -0.4 is 0 Å². The van der Waals surface area contributed by atoms with Crippen molar-refractivity contribution in [3.63, 3.8) is 0 Å². The highest BCUT2D eigenvalue weighted by molar-refractivity contribution is 6.27. The Balaban J connectivity index is 0.000000527. The van der Waals surface area contributed by atoms with Crippen molar-refractivity contribution in [2.75, 3.05) is 26.8 Å². The molecule has 0 atom stereocenters. The summed E-state index contributed by atoms with van der Waals surface area (Å²) in [5.74, 6) is -3.65. The first-order valence-electron chi connectivity index (χ1n) is 8.47. The van der Waals surface area contributed by atoms with Crippen molar-refractivity contribution in [1.29, 1.82) is 0 Å². The van der Waals surface area contributed by atoms with Crippen molar-refractivity contribution in [3.8, 4) is 0 Å². The second-order valence-electron chi connectivity index (χ2n) is 5.72. The van der Waals surface area contributed by atoms with Crippen LogP contribution in [0, 0.1) is 0 Å². The highest BCUT2D eigenvalue weighted by Crippen LogP contribution is 2.02. The Morgan fingerprint density at radius 2 is 1.52 bits per heavy atom. The monoisotopic (exact) mass is 371 g/mol. The third kappa shape index (κ3) is 11.3. The SMILES string of the molecule is CN(CCOC/C=C/c1ccccc1)Cc1ccccc1.O=C(O)C(=O)O. The lowest BCUT2D eigenvalue weighted by Gasteiger charge is -2.16. The summed E-state index contributed by atoms with van der Waals surface area (Å²) in [5.41, 5.74) is 2.55. The average Bonchev–Trinajstić information content (AvgIpc) is 2.66. The topological polar surface area (TPSA) is 87.1 Å². The lowest BCUT2D eigenvalue weighted by atomic mass is 10.2. The van der Waals surface area contributed by atoms with Crippen LogP contribution in [0.1, 0.15) is 11.1 Å². The number of nitrogens with zero attached hydrogens (tertiary/aromatic N) is 1. The number of carboxylic acid groups (broad SMARTS) is 2. The lowest BCUT2D eigenvalue weighted by Crippen LogP contribution is -2.22. The maximum Gasteiger partial charge on any atom is 0.414 e. The van der Waals surface area contributed by atoms with E-state index in [0.29, 0.717) is 6.61 Å². The number of ether oxygens (including phenoxy) is 1.